The number of benzene rings is 1. The molecule has 0 aliphatic carbocycles. The number of rotatable bonds is 6. The molecule has 1 aromatic rings. The number of hydrogen-bond acceptors (Lipinski definition) is 4. The summed E-state index contributed by atoms with van der Waals surface area (Å²) < 4.78 is 27.0. The van der Waals surface area contributed by atoms with Crippen LogP contribution in [0.1, 0.15) is 20.8 Å². The summed E-state index contributed by atoms with van der Waals surface area (Å²) >= 11 is 3.27. The fourth-order valence-corrected chi connectivity index (χ4v) is 3.90. The van der Waals surface area contributed by atoms with E-state index in [4.69, 9.17) is 5.73 Å². The standard InChI is InChI=1S/C14H22BrN3O3S.ClH/c1-10(19)17-13-6-5-11(7-12(13)15)22(20,21)18(4)9-14(2,3)8-16;/h5-7H,8-9,16H2,1-4H3,(H,17,19);1H. The van der Waals surface area contributed by atoms with E-state index in [0.29, 0.717) is 23.2 Å². The molecular weight excluding hydrogens is 406 g/mol. The quantitative estimate of drug-likeness (QED) is 0.728. The molecule has 0 aliphatic rings. The zero-order chi connectivity index (χ0) is 17.1. The van der Waals surface area contributed by atoms with Crippen LogP contribution >= 0.6 is 28.3 Å². The number of nitrogens with one attached hydrogen (secondary N) is 1. The molecular formula is C14H23BrClN3O3S. The Morgan fingerprint density at radius 3 is 2.39 bits per heavy atom. The van der Waals surface area contributed by atoms with E-state index in [9.17, 15) is 13.2 Å². The van der Waals surface area contributed by atoms with Crippen LogP contribution in [0.4, 0.5) is 5.69 Å². The lowest BCUT2D eigenvalue weighted by Crippen LogP contribution is -2.39. The molecule has 0 spiro atoms. The van der Waals surface area contributed by atoms with Gasteiger partial charge >= 0.3 is 0 Å². The highest BCUT2D eigenvalue weighted by atomic mass is 79.9. The molecule has 0 heterocycles. The minimum absolute atomic E-state index is 0. The van der Waals surface area contributed by atoms with Crippen molar-refractivity contribution in [1.29, 1.82) is 0 Å². The highest BCUT2D eigenvalue weighted by molar-refractivity contribution is 9.10. The van der Waals surface area contributed by atoms with Gasteiger partial charge in [0.25, 0.3) is 0 Å². The molecule has 1 rings (SSSR count). The van der Waals surface area contributed by atoms with Gasteiger partial charge in [0.2, 0.25) is 15.9 Å². The summed E-state index contributed by atoms with van der Waals surface area (Å²) in [4.78, 5) is 11.2. The Kier molecular flexibility index (Phi) is 8.19. The van der Waals surface area contributed by atoms with Crippen LogP contribution in [0.15, 0.2) is 27.6 Å². The van der Waals surface area contributed by atoms with Crippen molar-refractivity contribution >= 4 is 50.0 Å². The molecule has 0 unspecified atom stereocenters. The first-order valence-corrected chi connectivity index (χ1v) is 8.96. The van der Waals surface area contributed by atoms with Crippen molar-refractivity contribution in [3.63, 3.8) is 0 Å². The van der Waals surface area contributed by atoms with Crippen LogP contribution in [-0.4, -0.2) is 38.8 Å². The lowest BCUT2D eigenvalue weighted by atomic mass is 9.94. The van der Waals surface area contributed by atoms with Gasteiger partial charge in [0, 0.05) is 25.0 Å². The predicted octanol–water partition coefficient (Wildman–Crippen LogP) is 2.43. The fraction of sp³-hybridized carbons (Fsp3) is 0.500. The number of halogens is 2. The van der Waals surface area contributed by atoms with Gasteiger partial charge < -0.3 is 11.1 Å². The second kappa shape index (κ2) is 8.43. The topological polar surface area (TPSA) is 92.5 Å². The predicted molar refractivity (Wildman–Crippen MR) is 98.3 cm³/mol. The van der Waals surface area contributed by atoms with E-state index in [1.54, 1.807) is 6.07 Å². The molecule has 0 aliphatic heterocycles. The van der Waals surface area contributed by atoms with Crippen LogP contribution in [-0.2, 0) is 14.8 Å². The summed E-state index contributed by atoms with van der Waals surface area (Å²) in [6.45, 7) is 5.92. The number of hydrogen-bond donors (Lipinski definition) is 2. The van der Waals surface area contributed by atoms with Crippen LogP contribution in [0.25, 0.3) is 0 Å². The van der Waals surface area contributed by atoms with Gasteiger partial charge in [-0.2, -0.15) is 0 Å². The molecule has 0 saturated carbocycles. The van der Waals surface area contributed by atoms with Gasteiger partial charge in [-0.25, -0.2) is 12.7 Å². The smallest absolute Gasteiger partial charge is 0.242 e. The highest BCUT2D eigenvalue weighted by Crippen LogP contribution is 2.28. The van der Waals surface area contributed by atoms with Crippen LogP contribution in [0.2, 0.25) is 0 Å². The molecule has 0 fully saturated rings. The van der Waals surface area contributed by atoms with Gasteiger partial charge in [0.05, 0.1) is 10.6 Å². The third-order valence-corrected chi connectivity index (χ3v) is 5.62. The van der Waals surface area contributed by atoms with Crippen molar-refractivity contribution in [2.75, 3.05) is 25.5 Å². The molecule has 0 aromatic heterocycles. The van der Waals surface area contributed by atoms with Crippen molar-refractivity contribution < 1.29 is 13.2 Å². The Morgan fingerprint density at radius 1 is 1.39 bits per heavy atom. The van der Waals surface area contributed by atoms with Crippen molar-refractivity contribution in [1.82, 2.24) is 4.31 Å². The van der Waals surface area contributed by atoms with E-state index in [2.05, 4.69) is 21.2 Å². The molecule has 9 heteroatoms. The van der Waals surface area contributed by atoms with Crippen molar-refractivity contribution in [2.24, 2.45) is 11.1 Å². The minimum atomic E-state index is -3.61. The molecule has 3 N–H and O–H groups in total. The molecule has 6 nitrogen and oxygen atoms in total. The molecule has 0 saturated heterocycles. The second-order valence-corrected chi connectivity index (χ2v) is 8.85. The van der Waals surface area contributed by atoms with Crippen molar-refractivity contribution in [2.45, 2.75) is 25.7 Å². The number of anilines is 1. The summed E-state index contributed by atoms with van der Waals surface area (Å²) in [5.41, 5.74) is 5.87. The van der Waals surface area contributed by atoms with Crippen molar-refractivity contribution in [3.8, 4) is 0 Å². The number of nitrogens with two attached hydrogens (primary N) is 1. The molecule has 1 aromatic carbocycles. The number of amides is 1. The van der Waals surface area contributed by atoms with Crippen LogP contribution in [0.5, 0.6) is 0 Å². The van der Waals surface area contributed by atoms with Gasteiger partial charge in [-0.15, -0.1) is 12.4 Å². The normalized spacial score (nSPS) is 12.0. The van der Waals surface area contributed by atoms with Gasteiger partial charge in [0.15, 0.2) is 0 Å². The summed E-state index contributed by atoms with van der Waals surface area (Å²) in [5.74, 6) is -0.224. The lowest BCUT2D eigenvalue weighted by molar-refractivity contribution is -0.114. The SMILES string of the molecule is CC(=O)Nc1ccc(S(=O)(=O)N(C)CC(C)(C)CN)cc1Br.Cl. The van der Waals surface area contributed by atoms with E-state index in [-0.39, 0.29) is 28.6 Å². The number of nitrogens with zero attached hydrogens (tertiary/aromatic N) is 1. The first kappa shape index (κ1) is 22.3. The summed E-state index contributed by atoms with van der Waals surface area (Å²) in [7, 11) is -2.08. The van der Waals surface area contributed by atoms with Gasteiger partial charge in [-0.3, -0.25) is 4.79 Å². The minimum Gasteiger partial charge on any atom is -0.330 e. The molecule has 132 valence electrons. The number of carbonyl (C=O) groups is 1. The molecule has 23 heavy (non-hydrogen) atoms. The maximum Gasteiger partial charge on any atom is 0.242 e. The number of carbonyl (C=O) groups excluding carboxylic acids is 1. The zero-order valence-corrected chi connectivity index (χ0v) is 16.8. The Bertz CT molecular complexity index is 665. The first-order valence-electron chi connectivity index (χ1n) is 6.73. The Balaban J connectivity index is 0.00000484. The highest BCUT2D eigenvalue weighted by Gasteiger charge is 2.27. The van der Waals surface area contributed by atoms with E-state index >= 15 is 0 Å². The molecule has 0 radical (unpaired) electrons. The average molecular weight is 429 g/mol. The molecule has 0 bridgehead atoms. The van der Waals surface area contributed by atoms with E-state index in [1.165, 1.54) is 30.4 Å². The summed E-state index contributed by atoms with van der Waals surface area (Å²) in [5, 5.41) is 2.62. The van der Waals surface area contributed by atoms with E-state index < -0.39 is 10.0 Å². The fourth-order valence-electron chi connectivity index (χ4n) is 1.88. The van der Waals surface area contributed by atoms with Gasteiger partial charge in [-0.1, -0.05) is 13.8 Å². The van der Waals surface area contributed by atoms with Crippen molar-refractivity contribution in [3.05, 3.63) is 22.7 Å². The molecule has 0 atom stereocenters. The molecule has 1 amide bonds. The van der Waals surface area contributed by atoms with E-state index in [1.807, 2.05) is 13.8 Å². The Morgan fingerprint density at radius 2 is 1.96 bits per heavy atom. The average Bonchev–Trinajstić information content (AvgIpc) is 2.40. The first-order chi connectivity index (χ1) is 9.99. The summed E-state index contributed by atoms with van der Waals surface area (Å²) in [6.07, 6.45) is 0. The van der Waals surface area contributed by atoms with E-state index in [0.717, 1.165) is 0 Å². The second-order valence-electron chi connectivity index (χ2n) is 5.95. The monoisotopic (exact) mass is 427 g/mol. The zero-order valence-electron chi connectivity index (χ0n) is 13.6. The van der Waals surface area contributed by atoms with Crippen LogP contribution in [0, 0.1) is 5.41 Å². The lowest BCUT2D eigenvalue weighted by Gasteiger charge is -2.28. The third-order valence-electron chi connectivity index (χ3n) is 3.16. The van der Waals surface area contributed by atoms with Crippen LogP contribution in [0.3, 0.4) is 0 Å². The van der Waals surface area contributed by atoms with Gasteiger partial charge in [-0.05, 0) is 46.1 Å². The maximum absolute atomic E-state index is 12.6. The third kappa shape index (κ3) is 6.04. The number of sulfonamides is 1. The van der Waals surface area contributed by atoms with Crippen LogP contribution < -0.4 is 11.1 Å². The van der Waals surface area contributed by atoms with Gasteiger partial charge in [0.1, 0.15) is 0 Å². The summed E-state index contributed by atoms with van der Waals surface area (Å²) in [6, 6.07) is 4.50. The Labute approximate surface area is 152 Å². The maximum atomic E-state index is 12.6. The Hall–Kier alpha value is -0.670. The largest absolute Gasteiger partial charge is 0.330 e.